The van der Waals surface area contributed by atoms with Gasteiger partial charge in [0.25, 0.3) is 0 Å². The molecule has 0 atom stereocenters. The summed E-state index contributed by atoms with van der Waals surface area (Å²) in [5.41, 5.74) is 0.488. The maximum atomic E-state index is 10.8. The second-order valence-corrected chi connectivity index (χ2v) is 6.14. The first kappa shape index (κ1) is 16.9. The van der Waals surface area contributed by atoms with E-state index in [1.807, 2.05) is 0 Å². The normalized spacial score (nSPS) is 10.5. The van der Waals surface area contributed by atoms with Crippen LogP contribution in [0.3, 0.4) is 0 Å². The maximum absolute atomic E-state index is 10.8. The number of hydrogen-bond acceptors (Lipinski definition) is 6. The van der Waals surface area contributed by atoms with Crippen LogP contribution in [0.4, 0.5) is 0 Å². The van der Waals surface area contributed by atoms with Crippen molar-refractivity contribution >= 4 is 25.9 Å². The number of para-hydroxylation sites is 1. The van der Waals surface area contributed by atoms with Gasteiger partial charge < -0.3 is 9.29 Å². The van der Waals surface area contributed by atoms with Gasteiger partial charge in [0.2, 0.25) is 0 Å². The van der Waals surface area contributed by atoms with Crippen LogP contribution < -0.4 is 34.3 Å². The summed E-state index contributed by atoms with van der Waals surface area (Å²) in [6.07, 6.45) is 0. The molecule has 0 aliphatic heterocycles. The predicted molar refractivity (Wildman–Crippen MR) is 58.7 cm³/mol. The summed E-state index contributed by atoms with van der Waals surface area (Å²) in [6.45, 7) is 1.24. The minimum atomic E-state index is -4.34. The van der Waals surface area contributed by atoms with E-state index >= 15 is 0 Å². The Kier molecular flexibility index (Phi) is 7.38. The molecule has 0 aliphatic carbocycles. The minimum Gasteiger partial charge on any atom is -0.739 e. The Morgan fingerprint density at radius 1 is 1.41 bits per heavy atom. The first-order valence-corrected chi connectivity index (χ1v) is 7.16. The van der Waals surface area contributed by atoms with E-state index in [2.05, 4.69) is 0 Å². The van der Waals surface area contributed by atoms with Crippen LogP contribution >= 0.6 is 10.8 Å². The van der Waals surface area contributed by atoms with Gasteiger partial charge in [-0.3, -0.25) is 4.79 Å². The molecular weight excluding hydrogens is 275 g/mol. The third kappa shape index (κ3) is 7.07. The van der Waals surface area contributed by atoms with E-state index in [1.165, 1.54) is 13.0 Å². The Hall–Kier alpha value is -0.0500. The van der Waals surface area contributed by atoms with E-state index in [1.54, 1.807) is 18.2 Å². The van der Waals surface area contributed by atoms with Gasteiger partial charge in [-0.05, 0) is 16.9 Å². The van der Waals surface area contributed by atoms with Crippen molar-refractivity contribution in [2.24, 2.45) is 0 Å². The van der Waals surface area contributed by atoms with Gasteiger partial charge in [-0.1, -0.05) is 18.2 Å². The number of carbonyl (C=O) groups excluding carboxylic acids is 1. The van der Waals surface area contributed by atoms with Crippen molar-refractivity contribution in [3.05, 3.63) is 29.8 Å². The summed E-state index contributed by atoms with van der Waals surface area (Å²) < 4.78 is 36.2. The smallest absolute Gasteiger partial charge is 0.739 e. The fraction of sp³-hybridized carbons (Fsp3) is 0.222. The molecule has 1 aromatic carbocycles. The fourth-order valence-corrected chi connectivity index (χ4v) is 2.34. The largest absolute Gasteiger partial charge is 1.00 e. The summed E-state index contributed by atoms with van der Waals surface area (Å²) in [5, 5.41) is 0. The molecule has 0 bridgehead atoms. The van der Waals surface area contributed by atoms with Crippen molar-refractivity contribution in [3.8, 4) is 5.75 Å². The van der Waals surface area contributed by atoms with Crippen LogP contribution in [-0.4, -0.2) is 18.9 Å². The second kappa shape index (κ2) is 7.40. The van der Waals surface area contributed by atoms with Crippen LogP contribution in [0.25, 0.3) is 0 Å². The van der Waals surface area contributed by atoms with Gasteiger partial charge in [0.1, 0.15) is 14.9 Å². The first-order valence-electron chi connectivity index (χ1n) is 4.25. The third-order valence-electron chi connectivity index (χ3n) is 1.59. The monoisotopic (exact) mass is 284 g/mol. The topological polar surface area (TPSA) is 83.5 Å². The van der Waals surface area contributed by atoms with E-state index in [-0.39, 0.29) is 51.9 Å². The Labute approximate surface area is 125 Å². The number of hydrogen-bond donors (Lipinski definition) is 0. The van der Waals surface area contributed by atoms with Crippen LogP contribution in [0.15, 0.2) is 24.3 Å². The number of rotatable bonds is 4. The van der Waals surface area contributed by atoms with Gasteiger partial charge in [-0.2, -0.15) is 0 Å². The second-order valence-electron chi connectivity index (χ2n) is 2.87. The molecule has 0 spiro atoms. The molecule has 0 heterocycles. The Bertz CT molecular complexity index is 486. The zero-order chi connectivity index (χ0) is 12.2. The molecule has 5 nitrogen and oxygen atoms in total. The van der Waals surface area contributed by atoms with Gasteiger partial charge in [-0.15, -0.1) is 0 Å². The molecule has 1 aromatic rings. The van der Waals surface area contributed by atoms with Crippen molar-refractivity contribution in [2.45, 2.75) is 12.7 Å². The maximum Gasteiger partial charge on any atom is 1.00 e. The van der Waals surface area contributed by atoms with Gasteiger partial charge >= 0.3 is 35.5 Å². The van der Waals surface area contributed by atoms with Crippen molar-refractivity contribution in [3.63, 3.8) is 0 Å². The van der Waals surface area contributed by atoms with Crippen molar-refractivity contribution in [1.29, 1.82) is 0 Å². The fourth-order valence-electron chi connectivity index (χ4n) is 1.01. The molecule has 17 heavy (non-hydrogen) atoms. The van der Waals surface area contributed by atoms with Gasteiger partial charge in [0, 0.05) is 18.2 Å². The third-order valence-corrected chi connectivity index (χ3v) is 3.52. The van der Waals surface area contributed by atoms with Crippen molar-refractivity contribution in [1.82, 2.24) is 0 Å². The van der Waals surface area contributed by atoms with Crippen LogP contribution in [0.2, 0.25) is 0 Å². The summed E-state index contributed by atoms with van der Waals surface area (Å²) in [6, 6.07) is 6.45. The summed E-state index contributed by atoms with van der Waals surface area (Å²) in [4.78, 5) is 10.8. The molecule has 8 heteroatoms. The molecule has 0 saturated carbocycles. The number of carbonyl (C=O) groups is 1. The molecule has 0 saturated heterocycles. The van der Waals surface area contributed by atoms with E-state index in [9.17, 15) is 17.8 Å². The quantitative estimate of drug-likeness (QED) is 0.216. The first-order chi connectivity index (χ1) is 7.38. The zero-order valence-corrected chi connectivity index (χ0v) is 13.0. The molecule has 0 fully saturated rings. The van der Waals surface area contributed by atoms with E-state index < -0.39 is 15.1 Å². The van der Waals surface area contributed by atoms with E-state index in [4.69, 9.17) is 4.74 Å². The SMILES string of the molecule is CC(=O)Oc1ccccc1CSS(=O)(=O)[O-].[Na+]. The zero-order valence-electron chi connectivity index (χ0n) is 9.37. The minimum absolute atomic E-state index is 0. The molecule has 0 unspecified atom stereocenters. The van der Waals surface area contributed by atoms with E-state index in [0.717, 1.165) is 0 Å². The average Bonchev–Trinajstić information content (AvgIpc) is 2.14. The summed E-state index contributed by atoms with van der Waals surface area (Å²) in [7, 11) is -4.09. The Morgan fingerprint density at radius 2 is 2.00 bits per heavy atom. The Morgan fingerprint density at radius 3 is 2.53 bits per heavy atom. The van der Waals surface area contributed by atoms with Crippen LogP contribution in [0.5, 0.6) is 5.75 Å². The van der Waals surface area contributed by atoms with Crippen LogP contribution in [0.1, 0.15) is 12.5 Å². The van der Waals surface area contributed by atoms with Crippen molar-refractivity contribution in [2.75, 3.05) is 0 Å². The Balaban J connectivity index is 0.00000256. The molecule has 0 aliphatic rings. The summed E-state index contributed by atoms with van der Waals surface area (Å²) >= 11 is 0. The molecule has 0 N–H and O–H groups in total. The van der Waals surface area contributed by atoms with Crippen molar-refractivity contribution < 1.29 is 52.1 Å². The number of ether oxygens (including phenoxy) is 1. The molecule has 0 amide bonds. The van der Waals surface area contributed by atoms with Gasteiger partial charge in [0.15, 0.2) is 0 Å². The standard InChI is InChI=1S/C9H10O5S2.Na/c1-7(10)14-9-5-3-2-4-8(9)6-15-16(11,12)13;/h2-5H,6H2,1H3,(H,11,12,13);/q;+1/p-1. The van der Waals surface area contributed by atoms with Crippen LogP contribution in [-0.2, 0) is 19.7 Å². The van der Waals surface area contributed by atoms with E-state index in [0.29, 0.717) is 5.56 Å². The molecule has 0 radical (unpaired) electrons. The molecular formula is C9H9NaO5S2. The number of benzene rings is 1. The van der Waals surface area contributed by atoms with Crippen LogP contribution in [0, 0.1) is 0 Å². The molecule has 0 aromatic heterocycles. The van der Waals surface area contributed by atoms with Gasteiger partial charge in [-0.25, -0.2) is 8.42 Å². The van der Waals surface area contributed by atoms with Gasteiger partial charge in [0.05, 0.1) is 0 Å². The predicted octanol–water partition coefficient (Wildman–Crippen LogP) is -1.69. The molecule has 88 valence electrons. The average molecular weight is 284 g/mol. The molecule has 1 rings (SSSR count). The summed E-state index contributed by atoms with van der Waals surface area (Å²) in [5.74, 6) is -0.275. The number of esters is 1.